The minimum Gasteiger partial charge on any atom is -0.464 e. The summed E-state index contributed by atoms with van der Waals surface area (Å²) in [6.07, 6.45) is 3.49. The molecule has 5 aromatic rings. The smallest absolute Gasteiger partial charge is 0.134 e. The minimum absolute atomic E-state index is 0.932. The van der Waals surface area contributed by atoms with Crippen LogP contribution in [-0.2, 0) is 0 Å². The summed E-state index contributed by atoms with van der Waals surface area (Å²) in [5.41, 5.74) is 1.86. The van der Waals surface area contributed by atoms with Crippen LogP contribution in [0.3, 0.4) is 0 Å². The van der Waals surface area contributed by atoms with Crippen molar-refractivity contribution in [3.63, 3.8) is 0 Å². The quantitative estimate of drug-likeness (QED) is 0.343. The maximum Gasteiger partial charge on any atom is 0.134 e. The van der Waals surface area contributed by atoms with Gasteiger partial charge in [-0.1, -0.05) is 12.1 Å². The average Bonchev–Trinajstić information content (AvgIpc) is 3.13. The molecule has 0 aliphatic rings. The second-order valence-electron chi connectivity index (χ2n) is 5.09. The SMILES string of the molecule is c1cc2c(ccc3cc4c(ccc5occc54)cc32)o1. The van der Waals surface area contributed by atoms with Crippen molar-refractivity contribution in [3.05, 3.63) is 61.1 Å². The number of hydrogen-bond acceptors (Lipinski definition) is 2. The Morgan fingerprint density at radius 3 is 1.50 bits per heavy atom. The summed E-state index contributed by atoms with van der Waals surface area (Å²) in [6, 6.07) is 16.8. The van der Waals surface area contributed by atoms with E-state index in [2.05, 4.69) is 24.3 Å². The topological polar surface area (TPSA) is 26.3 Å². The molecular weight excluding hydrogens is 248 g/mol. The van der Waals surface area contributed by atoms with Crippen LogP contribution in [0.2, 0.25) is 0 Å². The Hall–Kier alpha value is -2.74. The highest BCUT2D eigenvalue weighted by atomic mass is 16.3. The summed E-state index contributed by atoms with van der Waals surface area (Å²) < 4.78 is 11.0. The highest BCUT2D eigenvalue weighted by molar-refractivity contribution is 6.15. The standard InChI is InChI=1S/C18H10O2/c1-3-17-13(5-7-19-17)15-10-12-2-4-18-14(6-8-20-18)16(12)9-11(1)15/h1-10H. The first-order valence-corrected chi connectivity index (χ1v) is 6.60. The van der Waals surface area contributed by atoms with Gasteiger partial charge in [-0.3, -0.25) is 0 Å². The van der Waals surface area contributed by atoms with Crippen molar-refractivity contribution in [3.8, 4) is 0 Å². The van der Waals surface area contributed by atoms with Crippen molar-refractivity contribution in [2.75, 3.05) is 0 Å². The maximum absolute atomic E-state index is 5.48. The molecule has 5 rings (SSSR count). The molecule has 0 amide bonds. The Bertz CT molecular complexity index is 1010. The number of rotatable bonds is 0. The summed E-state index contributed by atoms with van der Waals surface area (Å²) >= 11 is 0. The molecule has 94 valence electrons. The van der Waals surface area contributed by atoms with Crippen LogP contribution in [0.4, 0.5) is 0 Å². The summed E-state index contributed by atoms with van der Waals surface area (Å²) in [6.45, 7) is 0. The van der Waals surface area contributed by atoms with Crippen LogP contribution in [0, 0.1) is 0 Å². The van der Waals surface area contributed by atoms with E-state index in [0.717, 1.165) is 21.9 Å². The number of furan rings is 2. The predicted molar refractivity (Wildman–Crippen MR) is 81.0 cm³/mol. The first-order chi connectivity index (χ1) is 9.90. The highest BCUT2D eigenvalue weighted by Crippen LogP contribution is 2.33. The molecule has 2 aromatic heterocycles. The molecule has 0 spiro atoms. The Morgan fingerprint density at radius 1 is 0.500 bits per heavy atom. The van der Waals surface area contributed by atoms with E-state index in [1.807, 2.05) is 24.3 Å². The lowest BCUT2D eigenvalue weighted by Gasteiger charge is -2.04. The molecular formula is C18H10O2. The molecule has 0 N–H and O–H groups in total. The van der Waals surface area contributed by atoms with E-state index in [4.69, 9.17) is 8.83 Å². The first-order valence-electron chi connectivity index (χ1n) is 6.60. The molecule has 2 heterocycles. The van der Waals surface area contributed by atoms with Crippen molar-refractivity contribution >= 4 is 43.5 Å². The van der Waals surface area contributed by atoms with E-state index in [0.29, 0.717) is 0 Å². The van der Waals surface area contributed by atoms with Crippen LogP contribution in [0.15, 0.2) is 69.9 Å². The fraction of sp³-hybridized carbons (Fsp3) is 0. The van der Waals surface area contributed by atoms with Crippen LogP contribution >= 0.6 is 0 Å². The van der Waals surface area contributed by atoms with E-state index < -0.39 is 0 Å². The van der Waals surface area contributed by atoms with Crippen molar-refractivity contribution in [2.45, 2.75) is 0 Å². The third-order valence-corrected chi connectivity index (χ3v) is 4.02. The lowest BCUT2D eigenvalue weighted by atomic mass is 9.99. The van der Waals surface area contributed by atoms with E-state index in [1.54, 1.807) is 12.5 Å². The van der Waals surface area contributed by atoms with Crippen LogP contribution < -0.4 is 0 Å². The number of hydrogen-bond donors (Lipinski definition) is 0. The fourth-order valence-corrected chi connectivity index (χ4v) is 3.05. The van der Waals surface area contributed by atoms with E-state index in [1.165, 1.54) is 21.5 Å². The Kier molecular flexibility index (Phi) is 1.73. The summed E-state index contributed by atoms with van der Waals surface area (Å²) in [5.74, 6) is 0. The predicted octanol–water partition coefficient (Wildman–Crippen LogP) is 5.49. The van der Waals surface area contributed by atoms with Gasteiger partial charge in [-0.25, -0.2) is 0 Å². The molecule has 0 aliphatic heterocycles. The first kappa shape index (κ1) is 10.1. The van der Waals surface area contributed by atoms with Crippen LogP contribution in [0.5, 0.6) is 0 Å². The van der Waals surface area contributed by atoms with Gasteiger partial charge in [-0.15, -0.1) is 0 Å². The van der Waals surface area contributed by atoms with Crippen LogP contribution in [0.25, 0.3) is 43.5 Å². The monoisotopic (exact) mass is 258 g/mol. The summed E-state index contributed by atoms with van der Waals surface area (Å²) in [4.78, 5) is 0. The Balaban J connectivity index is 2.07. The van der Waals surface area contributed by atoms with Gasteiger partial charge < -0.3 is 8.83 Å². The molecule has 0 saturated carbocycles. The van der Waals surface area contributed by atoms with Crippen molar-refractivity contribution < 1.29 is 8.83 Å². The van der Waals surface area contributed by atoms with Gasteiger partial charge in [0.1, 0.15) is 11.2 Å². The molecule has 2 heteroatoms. The lowest BCUT2D eigenvalue weighted by Crippen LogP contribution is -1.78. The van der Waals surface area contributed by atoms with Crippen molar-refractivity contribution in [1.29, 1.82) is 0 Å². The zero-order valence-corrected chi connectivity index (χ0v) is 10.6. The molecule has 0 saturated heterocycles. The Labute approximate surface area is 114 Å². The largest absolute Gasteiger partial charge is 0.464 e. The van der Waals surface area contributed by atoms with Crippen molar-refractivity contribution in [2.24, 2.45) is 0 Å². The lowest BCUT2D eigenvalue weighted by molar-refractivity contribution is 0.615. The number of fused-ring (bicyclic) bond motifs is 6. The summed E-state index contributed by atoms with van der Waals surface area (Å²) in [5, 5.41) is 7.23. The molecule has 2 nitrogen and oxygen atoms in total. The zero-order chi connectivity index (χ0) is 13.1. The zero-order valence-electron chi connectivity index (χ0n) is 10.6. The van der Waals surface area contributed by atoms with Gasteiger partial charge in [0.2, 0.25) is 0 Å². The van der Waals surface area contributed by atoms with Gasteiger partial charge in [-0.05, 0) is 57.9 Å². The van der Waals surface area contributed by atoms with Gasteiger partial charge in [0.15, 0.2) is 0 Å². The van der Waals surface area contributed by atoms with Crippen molar-refractivity contribution in [1.82, 2.24) is 0 Å². The summed E-state index contributed by atoms with van der Waals surface area (Å²) in [7, 11) is 0. The Morgan fingerprint density at radius 2 is 1.00 bits per heavy atom. The second kappa shape index (κ2) is 3.42. The highest BCUT2D eigenvalue weighted by Gasteiger charge is 2.07. The van der Waals surface area contributed by atoms with E-state index in [9.17, 15) is 0 Å². The molecule has 3 aromatic carbocycles. The maximum atomic E-state index is 5.48. The van der Waals surface area contributed by atoms with Crippen LogP contribution in [-0.4, -0.2) is 0 Å². The molecule has 0 bridgehead atoms. The van der Waals surface area contributed by atoms with E-state index >= 15 is 0 Å². The van der Waals surface area contributed by atoms with Crippen LogP contribution in [0.1, 0.15) is 0 Å². The average molecular weight is 258 g/mol. The molecule has 20 heavy (non-hydrogen) atoms. The third kappa shape index (κ3) is 1.18. The molecule has 0 fully saturated rings. The van der Waals surface area contributed by atoms with Gasteiger partial charge in [0.25, 0.3) is 0 Å². The molecule has 0 aliphatic carbocycles. The van der Waals surface area contributed by atoms with Gasteiger partial charge in [-0.2, -0.15) is 0 Å². The second-order valence-corrected chi connectivity index (χ2v) is 5.09. The minimum atomic E-state index is 0.932. The van der Waals surface area contributed by atoms with Gasteiger partial charge in [0, 0.05) is 10.8 Å². The van der Waals surface area contributed by atoms with Gasteiger partial charge >= 0.3 is 0 Å². The molecule has 0 atom stereocenters. The fourth-order valence-electron chi connectivity index (χ4n) is 3.05. The molecule has 0 radical (unpaired) electrons. The third-order valence-electron chi connectivity index (χ3n) is 4.02. The van der Waals surface area contributed by atoms with Gasteiger partial charge in [0.05, 0.1) is 12.5 Å². The normalized spacial score (nSPS) is 12.0. The van der Waals surface area contributed by atoms with E-state index in [-0.39, 0.29) is 0 Å². The number of benzene rings is 3. The molecule has 0 unspecified atom stereocenters.